The molecule has 35 heavy (non-hydrogen) atoms. The number of benzene rings is 2. The summed E-state index contributed by atoms with van der Waals surface area (Å²) in [6.07, 6.45) is 5.54. The number of nitrogens with zero attached hydrogens (tertiary/aromatic N) is 1. The highest BCUT2D eigenvalue weighted by atomic mass is 32.2. The summed E-state index contributed by atoms with van der Waals surface area (Å²) in [6, 6.07) is 13.6. The van der Waals surface area contributed by atoms with Crippen molar-refractivity contribution < 1.29 is 13.2 Å². The molecule has 2 N–H and O–H groups in total. The fourth-order valence-electron chi connectivity index (χ4n) is 4.29. The number of carbonyl (C=O) groups is 1. The molecule has 1 amide bonds. The van der Waals surface area contributed by atoms with Crippen LogP contribution in [0.3, 0.4) is 0 Å². The van der Waals surface area contributed by atoms with Gasteiger partial charge in [0.05, 0.1) is 17.0 Å². The van der Waals surface area contributed by atoms with Gasteiger partial charge >= 0.3 is 0 Å². The number of carbonyl (C=O) groups excluding carboxylic acids is 1. The lowest BCUT2D eigenvalue weighted by Gasteiger charge is -2.23. The van der Waals surface area contributed by atoms with Gasteiger partial charge < -0.3 is 10.6 Å². The maximum absolute atomic E-state index is 12.8. The summed E-state index contributed by atoms with van der Waals surface area (Å²) in [5.41, 5.74) is 5.07. The topological polar surface area (TPSA) is 88.2 Å². The van der Waals surface area contributed by atoms with Crippen LogP contribution < -0.4 is 10.6 Å². The predicted molar refractivity (Wildman–Crippen MR) is 139 cm³/mol. The minimum atomic E-state index is -2.86. The van der Waals surface area contributed by atoms with E-state index in [4.69, 9.17) is 0 Å². The number of fused-ring (bicyclic) bond motifs is 1. The van der Waals surface area contributed by atoms with Crippen molar-refractivity contribution in [3.05, 3.63) is 70.9 Å². The van der Waals surface area contributed by atoms with E-state index in [1.54, 1.807) is 0 Å². The third-order valence-electron chi connectivity index (χ3n) is 6.71. The van der Waals surface area contributed by atoms with Gasteiger partial charge in [-0.3, -0.25) is 9.78 Å². The second-order valence-corrected chi connectivity index (χ2v) is 11.8. The van der Waals surface area contributed by atoms with Crippen LogP contribution in [-0.4, -0.2) is 36.9 Å². The Kier molecular flexibility index (Phi) is 6.59. The number of sulfone groups is 1. The van der Waals surface area contributed by atoms with Crippen molar-refractivity contribution in [2.75, 3.05) is 16.8 Å². The van der Waals surface area contributed by atoms with Crippen LogP contribution in [0.25, 0.3) is 10.9 Å². The number of amides is 1. The van der Waals surface area contributed by atoms with Gasteiger partial charge in [0.15, 0.2) is 0 Å². The summed E-state index contributed by atoms with van der Waals surface area (Å²) < 4.78 is 23.2. The number of rotatable bonds is 5. The molecule has 1 aliphatic heterocycles. The number of pyridine rings is 1. The molecule has 3 aromatic rings. The van der Waals surface area contributed by atoms with E-state index in [0.29, 0.717) is 30.9 Å². The smallest absolute Gasteiger partial charge is 0.255 e. The van der Waals surface area contributed by atoms with E-state index >= 15 is 0 Å². The fraction of sp³-hybridized carbons (Fsp3) is 0.357. The molecule has 2 aliphatic rings. The van der Waals surface area contributed by atoms with Crippen LogP contribution in [0.1, 0.15) is 52.7 Å². The average molecular weight is 488 g/mol. The van der Waals surface area contributed by atoms with Gasteiger partial charge in [-0.1, -0.05) is 17.9 Å². The number of aryl methyl sites for hydroxylation is 1. The van der Waals surface area contributed by atoms with E-state index in [-0.39, 0.29) is 23.5 Å². The normalized spacial score (nSPS) is 17.5. The molecule has 2 heterocycles. The lowest BCUT2D eigenvalue weighted by molar-refractivity contribution is 0.102. The Morgan fingerprint density at radius 1 is 1.06 bits per heavy atom. The maximum atomic E-state index is 12.8. The van der Waals surface area contributed by atoms with Gasteiger partial charge in [0.25, 0.3) is 5.91 Å². The summed E-state index contributed by atoms with van der Waals surface area (Å²) >= 11 is 0. The Bertz CT molecular complexity index is 1420. The highest BCUT2D eigenvalue weighted by molar-refractivity contribution is 7.91. The highest BCUT2D eigenvalue weighted by Crippen LogP contribution is 2.28. The van der Waals surface area contributed by atoms with E-state index in [1.165, 1.54) is 12.8 Å². The Labute approximate surface area is 206 Å². The van der Waals surface area contributed by atoms with Crippen LogP contribution in [0, 0.1) is 24.7 Å². The van der Waals surface area contributed by atoms with Crippen molar-refractivity contribution in [1.82, 2.24) is 10.3 Å². The van der Waals surface area contributed by atoms with Crippen molar-refractivity contribution in [3.63, 3.8) is 0 Å². The molecule has 6 nitrogen and oxygen atoms in total. The number of aromatic nitrogens is 1. The Morgan fingerprint density at radius 3 is 2.51 bits per heavy atom. The predicted octanol–water partition coefficient (Wildman–Crippen LogP) is 4.22. The Hall–Kier alpha value is -3.21. The number of anilines is 1. The molecule has 2 fully saturated rings. The van der Waals surface area contributed by atoms with E-state index in [2.05, 4.69) is 33.5 Å². The monoisotopic (exact) mass is 487 g/mol. The molecule has 180 valence electrons. The van der Waals surface area contributed by atoms with Crippen molar-refractivity contribution in [3.8, 4) is 11.8 Å². The molecule has 1 aromatic heterocycles. The first kappa shape index (κ1) is 23.5. The van der Waals surface area contributed by atoms with Crippen molar-refractivity contribution >= 4 is 32.3 Å². The molecule has 5 rings (SSSR count). The first-order valence-corrected chi connectivity index (χ1v) is 13.9. The SMILES string of the molecule is Cc1c(NC(=O)c2ccc(C#CC3CC3)cc2)ccc2cc(CNC3CCS(=O)(=O)CC3)cnc12. The molecule has 0 atom stereocenters. The highest BCUT2D eigenvalue weighted by Gasteiger charge is 2.23. The molecule has 1 saturated heterocycles. The van der Waals surface area contributed by atoms with Gasteiger partial charge in [0.1, 0.15) is 9.84 Å². The maximum Gasteiger partial charge on any atom is 0.255 e. The molecule has 0 unspecified atom stereocenters. The second-order valence-electron chi connectivity index (χ2n) is 9.54. The summed E-state index contributed by atoms with van der Waals surface area (Å²) in [7, 11) is -2.86. The van der Waals surface area contributed by atoms with Crippen LogP contribution in [0.15, 0.2) is 48.7 Å². The molecule has 1 saturated carbocycles. The minimum Gasteiger partial charge on any atom is -0.322 e. The van der Waals surface area contributed by atoms with Gasteiger partial charge in [-0.25, -0.2) is 8.42 Å². The molecule has 1 aliphatic carbocycles. The van der Waals surface area contributed by atoms with Crippen LogP contribution in [0.5, 0.6) is 0 Å². The lowest BCUT2D eigenvalue weighted by atomic mass is 10.1. The average Bonchev–Trinajstić information content (AvgIpc) is 3.69. The number of nitrogens with one attached hydrogen (secondary N) is 2. The van der Waals surface area contributed by atoms with Gasteiger partial charge in [0, 0.05) is 46.9 Å². The molecular formula is C28H29N3O3S. The van der Waals surface area contributed by atoms with Crippen LogP contribution >= 0.6 is 0 Å². The van der Waals surface area contributed by atoms with E-state index in [1.807, 2.05) is 49.5 Å². The van der Waals surface area contributed by atoms with Crippen LogP contribution in [0.2, 0.25) is 0 Å². The standard InChI is InChI=1S/C28H29N3O3S/c1-19-26(31-28(32)23-8-6-21(7-9-23)5-4-20-2-3-20)11-10-24-16-22(18-30-27(19)24)17-29-25-12-14-35(33,34)15-13-25/h6-11,16,18,20,25,29H,2-3,12-15,17H2,1H3,(H,31,32). The van der Waals surface area contributed by atoms with Crippen molar-refractivity contribution in [2.24, 2.45) is 5.92 Å². The summed E-state index contributed by atoms with van der Waals surface area (Å²) in [5, 5.41) is 7.48. The van der Waals surface area contributed by atoms with Crippen LogP contribution in [0.4, 0.5) is 5.69 Å². The second kappa shape index (κ2) is 9.80. The third kappa shape index (κ3) is 5.90. The molecule has 0 spiro atoms. The first-order chi connectivity index (χ1) is 16.9. The van der Waals surface area contributed by atoms with E-state index < -0.39 is 9.84 Å². The Morgan fingerprint density at radius 2 is 1.80 bits per heavy atom. The minimum absolute atomic E-state index is 0.163. The number of hydrogen-bond donors (Lipinski definition) is 2. The zero-order valence-corrected chi connectivity index (χ0v) is 20.6. The summed E-state index contributed by atoms with van der Waals surface area (Å²) in [5.74, 6) is 7.30. The van der Waals surface area contributed by atoms with Crippen LogP contribution in [-0.2, 0) is 16.4 Å². The quantitative estimate of drug-likeness (QED) is 0.526. The summed E-state index contributed by atoms with van der Waals surface area (Å²) in [6.45, 7) is 2.61. The third-order valence-corrected chi connectivity index (χ3v) is 8.42. The van der Waals surface area contributed by atoms with Gasteiger partial charge in [0.2, 0.25) is 0 Å². The first-order valence-electron chi connectivity index (χ1n) is 12.1. The Balaban J connectivity index is 1.23. The van der Waals surface area contributed by atoms with Gasteiger partial charge in [-0.2, -0.15) is 0 Å². The largest absolute Gasteiger partial charge is 0.322 e. The molecular weight excluding hydrogens is 458 g/mol. The van der Waals surface area contributed by atoms with E-state index in [9.17, 15) is 13.2 Å². The van der Waals surface area contributed by atoms with Crippen molar-refractivity contribution in [1.29, 1.82) is 0 Å². The fourth-order valence-corrected chi connectivity index (χ4v) is 5.79. The lowest BCUT2D eigenvalue weighted by Crippen LogP contribution is -2.37. The zero-order chi connectivity index (χ0) is 24.4. The van der Waals surface area contributed by atoms with Gasteiger partial charge in [-0.05, 0) is 80.1 Å². The van der Waals surface area contributed by atoms with E-state index in [0.717, 1.165) is 33.3 Å². The zero-order valence-electron chi connectivity index (χ0n) is 19.8. The molecule has 7 heteroatoms. The van der Waals surface area contributed by atoms with Crippen molar-refractivity contribution in [2.45, 2.75) is 45.2 Å². The van der Waals surface area contributed by atoms with Gasteiger partial charge in [-0.15, -0.1) is 0 Å². The molecule has 2 aromatic carbocycles. The number of hydrogen-bond acceptors (Lipinski definition) is 5. The summed E-state index contributed by atoms with van der Waals surface area (Å²) in [4.78, 5) is 17.5. The molecule has 0 radical (unpaired) electrons. The molecule has 0 bridgehead atoms.